The van der Waals surface area contributed by atoms with Crippen molar-refractivity contribution in [3.8, 4) is 0 Å². The van der Waals surface area contributed by atoms with E-state index in [9.17, 15) is 9.90 Å². The van der Waals surface area contributed by atoms with Gasteiger partial charge >= 0.3 is 5.97 Å². The van der Waals surface area contributed by atoms with Gasteiger partial charge in [-0.05, 0) is 70.6 Å². The minimum Gasteiger partial charge on any atom is -0.457 e. The summed E-state index contributed by atoms with van der Waals surface area (Å²) in [5.74, 6) is -0.203. The number of hydrogen-bond acceptors (Lipinski definition) is 4. The van der Waals surface area contributed by atoms with Crippen molar-refractivity contribution in [3.05, 3.63) is 36.5 Å². The number of aliphatic hydroxyl groups is 1. The van der Waals surface area contributed by atoms with Crippen LogP contribution in [0.5, 0.6) is 0 Å². The van der Waals surface area contributed by atoms with Gasteiger partial charge in [0.25, 0.3) is 0 Å². The van der Waals surface area contributed by atoms with E-state index in [2.05, 4.69) is 50.3 Å². The number of esters is 1. The van der Waals surface area contributed by atoms with Gasteiger partial charge in [0.05, 0.1) is 13.2 Å². The Morgan fingerprint density at radius 1 is 0.453 bits per heavy atom. The molecule has 1 unspecified atom stereocenters. The van der Waals surface area contributed by atoms with E-state index in [0.717, 1.165) is 25.7 Å². The Morgan fingerprint density at radius 2 is 0.792 bits per heavy atom. The molecule has 0 radical (unpaired) electrons. The first-order valence-corrected chi connectivity index (χ1v) is 23.6. The molecular formula is C49H92O4. The molecule has 312 valence electrons. The minimum absolute atomic E-state index is 0.172. The summed E-state index contributed by atoms with van der Waals surface area (Å²) in [7, 11) is 0. The van der Waals surface area contributed by atoms with Crippen LogP contribution in [0.4, 0.5) is 0 Å². The third-order valence-electron chi connectivity index (χ3n) is 10.4. The highest BCUT2D eigenvalue weighted by atomic mass is 16.6. The Balaban J connectivity index is 3.40. The largest absolute Gasteiger partial charge is 0.457 e. The molecule has 4 heteroatoms. The summed E-state index contributed by atoms with van der Waals surface area (Å²) in [6.07, 6.45) is 59.3. The van der Waals surface area contributed by atoms with Gasteiger partial charge in [-0.3, -0.25) is 4.79 Å². The first kappa shape index (κ1) is 51.6. The van der Waals surface area contributed by atoms with E-state index in [1.54, 1.807) is 0 Å². The number of ether oxygens (including phenoxy) is 2. The molecule has 0 aromatic rings. The van der Waals surface area contributed by atoms with Gasteiger partial charge in [-0.25, -0.2) is 0 Å². The van der Waals surface area contributed by atoms with Gasteiger partial charge < -0.3 is 14.6 Å². The standard InChI is InChI=1S/C49H92O4/c1-3-5-7-9-11-13-15-17-19-21-22-23-24-25-26-27-29-31-33-35-37-39-41-43-45-52-47-48(46-50)53-49(51)44-42-40-38-36-34-32-30-28-20-18-16-14-12-10-8-6-4-2/h15,17-18,20-22,48,50H,3-14,16,19,23-47H2,1-2H3/b17-15-,20-18-,22-21-. The van der Waals surface area contributed by atoms with Crippen LogP contribution >= 0.6 is 0 Å². The average Bonchev–Trinajstić information content (AvgIpc) is 3.16. The van der Waals surface area contributed by atoms with Crippen molar-refractivity contribution in [2.24, 2.45) is 0 Å². The molecular weight excluding hydrogens is 653 g/mol. The van der Waals surface area contributed by atoms with Crippen molar-refractivity contribution >= 4 is 5.97 Å². The molecule has 0 rings (SSSR count). The highest BCUT2D eigenvalue weighted by Gasteiger charge is 2.13. The number of aliphatic hydroxyl groups excluding tert-OH is 1. The van der Waals surface area contributed by atoms with Crippen LogP contribution < -0.4 is 0 Å². The van der Waals surface area contributed by atoms with Crippen LogP contribution in [0.2, 0.25) is 0 Å². The van der Waals surface area contributed by atoms with Crippen LogP contribution in [0.15, 0.2) is 36.5 Å². The molecule has 0 aliphatic heterocycles. The van der Waals surface area contributed by atoms with Gasteiger partial charge in [0, 0.05) is 13.0 Å². The Morgan fingerprint density at radius 3 is 1.19 bits per heavy atom. The SMILES string of the molecule is CCCCCCC/C=C\C/C=C\CCCCCCCCCCCCCCOCC(CO)OC(=O)CCCCCCCCC/C=C\CCCCCCCC. The maximum atomic E-state index is 12.2. The number of unbranched alkanes of at least 4 members (excludes halogenated alkanes) is 30. The van der Waals surface area contributed by atoms with E-state index in [1.165, 1.54) is 199 Å². The molecule has 0 bridgehead atoms. The van der Waals surface area contributed by atoms with Crippen LogP contribution in [0.25, 0.3) is 0 Å². The van der Waals surface area contributed by atoms with Crippen molar-refractivity contribution in [1.29, 1.82) is 0 Å². The van der Waals surface area contributed by atoms with Gasteiger partial charge in [0.1, 0.15) is 6.10 Å². The van der Waals surface area contributed by atoms with Gasteiger partial charge in [-0.15, -0.1) is 0 Å². The number of carbonyl (C=O) groups excluding carboxylic acids is 1. The fraction of sp³-hybridized carbons (Fsp3) is 0.857. The van der Waals surface area contributed by atoms with Crippen molar-refractivity contribution in [2.45, 2.75) is 251 Å². The molecule has 0 saturated heterocycles. The monoisotopic (exact) mass is 745 g/mol. The number of carbonyl (C=O) groups is 1. The second-order valence-electron chi connectivity index (χ2n) is 15.8. The first-order valence-electron chi connectivity index (χ1n) is 23.6. The lowest BCUT2D eigenvalue weighted by Crippen LogP contribution is -2.27. The van der Waals surface area contributed by atoms with Crippen molar-refractivity contribution in [2.75, 3.05) is 19.8 Å². The molecule has 0 saturated carbocycles. The maximum Gasteiger partial charge on any atom is 0.306 e. The fourth-order valence-corrected chi connectivity index (χ4v) is 6.88. The maximum absolute atomic E-state index is 12.2. The first-order chi connectivity index (χ1) is 26.2. The fourth-order valence-electron chi connectivity index (χ4n) is 6.88. The molecule has 0 aromatic heterocycles. The van der Waals surface area contributed by atoms with Crippen LogP contribution in [-0.4, -0.2) is 37.0 Å². The second kappa shape index (κ2) is 46.8. The lowest BCUT2D eigenvalue weighted by atomic mass is 10.0. The lowest BCUT2D eigenvalue weighted by Gasteiger charge is -2.16. The lowest BCUT2D eigenvalue weighted by molar-refractivity contribution is -0.154. The summed E-state index contributed by atoms with van der Waals surface area (Å²) in [6, 6.07) is 0. The normalized spacial score (nSPS) is 12.6. The molecule has 53 heavy (non-hydrogen) atoms. The predicted molar refractivity (Wildman–Crippen MR) is 233 cm³/mol. The molecule has 0 spiro atoms. The molecule has 1 N–H and O–H groups in total. The van der Waals surface area contributed by atoms with E-state index in [4.69, 9.17) is 9.47 Å². The summed E-state index contributed by atoms with van der Waals surface area (Å²) in [4.78, 5) is 12.2. The van der Waals surface area contributed by atoms with E-state index in [0.29, 0.717) is 19.6 Å². The summed E-state index contributed by atoms with van der Waals surface area (Å²) < 4.78 is 11.2. The highest BCUT2D eigenvalue weighted by molar-refractivity contribution is 5.69. The van der Waals surface area contributed by atoms with E-state index >= 15 is 0 Å². The molecule has 0 aromatic carbocycles. The third-order valence-corrected chi connectivity index (χ3v) is 10.4. The van der Waals surface area contributed by atoms with Crippen LogP contribution in [-0.2, 0) is 14.3 Å². The van der Waals surface area contributed by atoms with Gasteiger partial charge in [-0.2, -0.15) is 0 Å². The molecule has 0 aliphatic rings. The van der Waals surface area contributed by atoms with E-state index in [-0.39, 0.29) is 12.6 Å². The number of hydrogen-bond donors (Lipinski definition) is 1. The zero-order valence-electron chi connectivity index (χ0n) is 35.8. The second-order valence-corrected chi connectivity index (χ2v) is 15.8. The van der Waals surface area contributed by atoms with Crippen LogP contribution in [0.1, 0.15) is 245 Å². The quantitative estimate of drug-likeness (QED) is 0.0383. The van der Waals surface area contributed by atoms with Gasteiger partial charge in [-0.1, -0.05) is 204 Å². The van der Waals surface area contributed by atoms with Crippen molar-refractivity contribution in [1.82, 2.24) is 0 Å². The molecule has 0 aliphatic carbocycles. The Labute approximate surface area is 331 Å². The Kier molecular flexibility index (Phi) is 45.5. The molecule has 4 nitrogen and oxygen atoms in total. The van der Waals surface area contributed by atoms with Crippen molar-refractivity contribution < 1.29 is 19.4 Å². The smallest absolute Gasteiger partial charge is 0.306 e. The summed E-state index contributed by atoms with van der Waals surface area (Å²) >= 11 is 0. The van der Waals surface area contributed by atoms with E-state index in [1.807, 2.05) is 0 Å². The van der Waals surface area contributed by atoms with Gasteiger partial charge in [0.15, 0.2) is 0 Å². The third kappa shape index (κ3) is 44.9. The minimum atomic E-state index is -0.536. The molecule has 0 heterocycles. The Bertz CT molecular complexity index is 787. The summed E-state index contributed by atoms with van der Waals surface area (Å²) in [6.45, 7) is 5.35. The zero-order chi connectivity index (χ0) is 38.4. The van der Waals surface area contributed by atoms with E-state index < -0.39 is 6.10 Å². The molecule has 0 fully saturated rings. The molecule has 1 atom stereocenters. The Hall–Kier alpha value is -1.39. The predicted octanol–water partition coefficient (Wildman–Crippen LogP) is 15.7. The highest BCUT2D eigenvalue weighted by Crippen LogP contribution is 2.14. The molecule has 0 amide bonds. The topological polar surface area (TPSA) is 55.8 Å². The summed E-state index contributed by atoms with van der Waals surface area (Å²) in [5.41, 5.74) is 0. The van der Waals surface area contributed by atoms with Crippen LogP contribution in [0.3, 0.4) is 0 Å². The van der Waals surface area contributed by atoms with Gasteiger partial charge in [0.2, 0.25) is 0 Å². The number of rotatable bonds is 44. The van der Waals surface area contributed by atoms with Crippen molar-refractivity contribution in [3.63, 3.8) is 0 Å². The summed E-state index contributed by atoms with van der Waals surface area (Å²) in [5, 5.41) is 9.62. The number of allylic oxidation sites excluding steroid dienone is 6. The van der Waals surface area contributed by atoms with Crippen LogP contribution in [0, 0.1) is 0 Å². The zero-order valence-corrected chi connectivity index (χ0v) is 35.8. The average molecular weight is 745 g/mol.